The van der Waals surface area contributed by atoms with Gasteiger partial charge in [-0.3, -0.25) is 0 Å². The molecule has 1 aromatic heterocycles. The lowest BCUT2D eigenvalue weighted by Crippen LogP contribution is -2.15. The summed E-state index contributed by atoms with van der Waals surface area (Å²) in [6.45, 7) is 3.23. The van der Waals surface area contributed by atoms with Gasteiger partial charge in [-0.1, -0.05) is 19.1 Å². The molecule has 3 heteroatoms. The van der Waals surface area contributed by atoms with Gasteiger partial charge in [0.25, 0.3) is 0 Å². The van der Waals surface area contributed by atoms with Gasteiger partial charge in [-0.2, -0.15) is 0 Å². The molecule has 0 saturated heterocycles. The molecule has 0 bridgehead atoms. The molecular formula is C17H21NS2. The average Bonchev–Trinajstić information content (AvgIpc) is 3.20. The quantitative estimate of drug-likeness (QED) is 0.733. The van der Waals surface area contributed by atoms with Crippen LogP contribution in [0.3, 0.4) is 0 Å². The van der Waals surface area contributed by atoms with Crippen LogP contribution in [0.25, 0.3) is 0 Å². The molecule has 0 spiro atoms. The van der Waals surface area contributed by atoms with Crippen LogP contribution in [-0.4, -0.2) is 6.04 Å². The molecule has 0 amide bonds. The maximum absolute atomic E-state index is 3.58. The lowest BCUT2D eigenvalue weighted by Gasteiger charge is -2.06. The van der Waals surface area contributed by atoms with Crippen LogP contribution in [0.4, 0.5) is 0 Å². The van der Waals surface area contributed by atoms with Crippen molar-refractivity contribution < 1.29 is 0 Å². The lowest BCUT2D eigenvalue weighted by atomic mass is 10.2. The van der Waals surface area contributed by atoms with Gasteiger partial charge in [0.15, 0.2) is 0 Å². The van der Waals surface area contributed by atoms with E-state index < -0.39 is 0 Å². The summed E-state index contributed by atoms with van der Waals surface area (Å²) in [6.07, 6.45) is 3.86. The number of nitrogens with one attached hydrogen (secondary N) is 1. The number of hydrogen-bond donors (Lipinski definition) is 1. The molecule has 1 aliphatic rings. The van der Waals surface area contributed by atoms with Crippen molar-refractivity contribution in [2.45, 2.75) is 49.4 Å². The van der Waals surface area contributed by atoms with Crippen molar-refractivity contribution in [3.05, 3.63) is 51.7 Å². The standard InChI is InChI=1S/C17H21NS2/c1-2-15-8-9-17(20-15)12-19-16-5-3-4-13(10-16)11-18-14-6-7-14/h3-5,8-10,14,18H,2,6-7,11-12H2,1H3. The minimum absolute atomic E-state index is 0.782. The summed E-state index contributed by atoms with van der Waals surface area (Å²) in [6, 6.07) is 14.3. The van der Waals surface area contributed by atoms with Crippen LogP contribution in [0, 0.1) is 0 Å². The molecular weight excluding hydrogens is 282 g/mol. The summed E-state index contributed by atoms with van der Waals surface area (Å²) in [5.41, 5.74) is 1.40. The predicted octanol–water partition coefficient (Wildman–Crippen LogP) is 4.85. The largest absolute Gasteiger partial charge is 0.310 e. The number of thioether (sulfide) groups is 1. The highest BCUT2D eigenvalue weighted by molar-refractivity contribution is 7.98. The molecule has 0 atom stereocenters. The highest BCUT2D eigenvalue weighted by Gasteiger charge is 2.19. The molecule has 0 unspecified atom stereocenters. The van der Waals surface area contributed by atoms with E-state index in [0.717, 1.165) is 24.8 Å². The highest BCUT2D eigenvalue weighted by atomic mass is 32.2. The Hall–Kier alpha value is -0.770. The highest BCUT2D eigenvalue weighted by Crippen LogP contribution is 2.28. The van der Waals surface area contributed by atoms with Crippen LogP contribution < -0.4 is 5.32 Å². The molecule has 20 heavy (non-hydrogen) atoms. The van der Waals surface area contributed by atoms with Crippen molar-refractivity contribution in [3.63, 3.8) is 0 Å². The minimum Gasteiger partial charge on any atom is -0.310 e. The summed E-state index contributed by atoms with van der Waals surface area (Å²) >= 11 is 3.89. The van der Waals surface area contributed by atoms with E-state index in [2.05, 4.69) is 48.6 Å². The zero-order valence-electron chi connectivity index (χ0n) is 11.9. The van der Waals surface area contributed by atoms with Gasteiger partial charge < -0.3 is 5.32 Å². The fraction of sp³-hybridized carbons (Fsp3) is 0.412. The average molecular weight is 303 g/mol. The van der Waals surface area contributed by atoms with Crippen molar-refractivity contribution >= 4 is 23.1 Å². The van der Waals surface area contributed by atoms with Crippen molar-refractivity contribution in [2.24, 2.45) is 0 Å². The Balaban J connectivity index is 1.54. The number of benzene rings is 1. The fourth-order valence-electron chi connectivity index (χ4n) is 2.14. The zero-order valence-corrected chi connectivity index (χ0v) is 13.5. The van der Waals surface area contributed by atoms with Gasteiger partial charge in [0.1, 0.15) is 0 Å². The van der Waals surface area contributed by atoms with Crippen LogP contribution in [0.1, 0.15) is 35.1 Å². The Labute approximate surface area is 129 Å². The monoisotopic (exact) mass is 303 g/mol. The molecule has 0 radical (unpaired) electrons. The maximum Gasteiger partial charge on any atom is 0.0326 e. The Bertz CT molecular complexity index is 558. The Morgan fingerprint density at radius 2 is 2.05 bits per heavy atom. The fourth-order valence-corrected chi connectivity index (χ4v) is 4.12. The predicted molar refractivity (Wildman–Crippen MR) is 89.6 cm³/mol. The molecule has 1 heterocycles. The van der Waals surface area contributed by atoms with E-state index in [4.69, 9.17) is 0 Å². The Morgan fingerprint density at radius 3 is 2.80 bits per heavy atom. The second-order valence-corrected chi connectivity index (χ2v) is 7.61. The van der Waals surface area contributed by atoms with Gasteiger partial charge in [-0.05, 0) is 49.1 Å². The van der Waals surface area contributed by atoms with E-state index in [1.165, 1.54) is 33.1 Å². The third kappa shape index (κ3) is 4.11. The summed E-state index contributed by atoms with van der Waals surface area (Å²) < 4.78 is 0. The zero-order chi connectivity index (χ0) is 13.8. The van der Waals surface area contributed by atoms with E-state index in [0.29, 0.717) is 0 Å². The molecule has 2 aromatic rings. The van der Waals surface area contributed by atoms with Gasteiger partial charge in [0.2, 0.25) is 0 Å². The van der Waals surface area contributed by atoms with E-state index in [-0.39, 0.29) is 0 Å². The number of rotatable bonds is 7. The van der Waals surface area contributed by atoms with Gasteiger partial charge >= 0.3 is 0 Å². The maximum atomic E-state index is 3.58. The second-order valence-electron chi connectivity index (χ2n) is 5.31. The van der Waals surface area contributed by atoms with Gasteiger partial charge in [-0.25, -0.2) is 0 Å². The molecule has 0 aliphatic heterocycles. The molecule has 1 aromatic carbocycles. The minimum atomic E-state index is 0.782. The molecule has 1 nitrogen and oxygen atoms in total. The topological polar surface area (TPSA) is 12.0 Å². The van der Waals surface area contributed by atoms with Gasteiger partial charge in [-0.15, -0.1) is 23.1 Å². The molecule has 3 rings (SSSR count). The van der Waals surface area contributed by atoms with Crippen LogP contribution in [0.15, 0.2) is 41.3 Å². The van der Waals surface area contributed by atoms with E-state index in [9.17, 15) is 0 Å². The van der Waals surface area contributed by atoms with Crippen molar-refractivity contribution in [3.8, 4) is 0 Å². The smallest absolute Gasteiger partial charge is 0.0326 e. The first-order chi connectivity index (χ1) is 9.83. The van der Waals surface area contributed by atoms with Crippen molar-refractivity contribution in [2.75, 3.05) is 0 Å². The Kier molecular flexibility index (Phi) is 4.81. The van der Waals surface area contributed by atoms with Crippen LogP contribution >= 0.6 is 23.1 Å². The number of hydrogen-bond acceptors (Lipinski definition) is 3. The van der Waals surface area contributed by atoms with Gasteiger partial charge in [0.05, 0.1) is 0 Å². The summed E-state index contributed by atoms with van der Waals surface area (Å²) in [4.78, 5) is 4.35. The molecule has 1 aliphatic carbocycles. The number of aryl methyl sites for hydroxylation is 1. The molecule has 106 valence electrons. The van der Waals surface area contributed by atoms with Crippen molar-refractivity contribution in [1.82, 2.24) is 5.32 Å². The molecule has 1 fully saturated rings. The van der Waals surface area contributed by atoms with E-state index in [1.54, 1.807) is 0 Å². The van der Waals surface area contributed by atoms with E-state index >= 15 is 0 Å². The molecule has 1 N–H and O–H groups in total. The van der Waals surface area contributed by atoms with Crippen LogP contribution in [0.5, 0.6) is 0 Å². The lowest BCUT2D eigenvalue weighted by molar-refractivity contribution is 0.687. The first kappa shape index (κ1) is 14.2. The number of thiophene rings is 1. The second kappa shape index (κ2) is 6.79. The third-order valence-corrected chi connectivity index (χ3v) is 5.97. The normalized spacial score (nSPS) is 14.7. The van der Waals surface area contributed by atoms with Crippen molar-refractivity contribution in [1.29, 1.82) is 0 Å². The van der Waals surface area contributed by atoms with E-state index in [1.807, 2.05) is 23.1 Å². The van der Waals surface area contributed by atoms with Crippen LogP contribution in [-0.2, 0) is 18.7 Å². The summed E-state index contributed by atoms with van der Waals surface area (Å²) in [7, 11) is 0. The third-order valence-electron chi connectivity index (χ3n) is 3.52. The van der Waals surface area contributed by atoms with Crippen LogP contribution in [0.2, 0.25) is 0 Å². The van der Waals surface area contributed by atoms with Gasteiger partial charge in [0, 0.05) is 33.0 Å². The first-order valence-corrected chi connectivity index (χ1v) is 9.16. The first-order valence-electron chi connectivity index (χ1n) is 7.36. The SMILES string of the molecule is CCc1ccc(CSc2cccc(CNC3CC3)c2)s1. The molecule has 1 saturated carbocycles. The summed E-state index contributed by atoms with van der Waals surface area (Å²) in [5, 5.41) is 3.58. The Morgan fingerprint density at radius 1 is 1.20 bits per heavy atom. The summed E-state index contributed by atoms with van der Waals surface area (Å²) in [5.74, 6) is 1.09.